The van der Waals surface area contributed by atoms with E-state index in [0.29, 0.717) is 38.2 Å². The Morgan fingerprint density at radius 3 is 2.27 bits per heavy atom. The molecule has 6 nitrogen and oxygen atoms in total. The number of hydrogen-bond donors (Lipinski definition) is 1. The Kier molecular flexibility index (Phi) is 6.81. The number of nitrogens with zero attached hydrogens (tertiary/aromatic N) is 2. The fourth-order valence-electron chi connectivity index (χ4n) is 3.14. The van der Waals surface area contributed by atoms with E-state index in [1.54, 1.807) is 40.1 Å². The minimum atomic E-state index is -4.48. The second kappa shape index (κ2) is 9.51. The number of para-hydroxylation sites is 2. The van der Waals surface area contributed by atoms with Gasteiger partial charge in [-0.3, -0.25) is 4.79 Å². The lowest BCUT2D eigenvalue weighted by Crippen LogP contribution is -2.39. The molecule has 2 aromatic rings. The van der Waals surface area contributed by atoms with E-state index in [0.717, 1.165) is 0 Å². The largest absolute Gasteiger partial charge is 0.482 e. The lowest BCUT2D eigenvalue weighted by Gasteiger charge is -2.23. The molecule has 1 fully saturated rings. The van der Waals surface area contributed by atoms with Crippen LogP contribution in [0.2, 0.25) is 0 Å². The molecule has 1 aliphatic heterocycles. The predicted octanol–water partition coefficient (Wildman–Crippen LogP) is 4.01. The third-order valence-corrected chi connectivity index (χ3v) is 4.61. The highest BCUT2D eigenvalue weighted by Crippen LogP contribution is 2.26. The Morgan fingerprint density at radius 1 is 0.900 bits per heavy atom. The van der Waals surface area contributed by atoms with Crippen LogP contribution < -0.4 is 10.1 Å². The van der Waals surface area contributed by atoms with Gasteiger partial charge < -0.3 is 19.9 Å². The molecule has 0 atom stereocenters. The number of rotatable bonds is 4. The fraction of sp³-hybridized carbons (Fsp3) is 0.333. The average Bonchev–Trinajstić information content (AvgIpc) is 2.99. The van der Waals surface area contributed by atoms with Crippen molar-refractivity contribution in [2.75, 3.05) is 38.1 Å². The first kappa shape index (κ1) is 21.5. The normalized spacial score (nSPS) is 14.8. The topological polar surface area (TPSA) is 61.9 Å². The van der Waals surface area contributed by atoms with Crippen LogP contribution in [0.15, 0.2) is 54.6 Å². The van der Waals surface area contributed by atoms with Crippen molar-refractivity contribution >= 4 is 17.6 Å². The lowest BCUT2D eigenvalue weighted by atomic mass is 10.2. The van der Waals surface area contributed by atoms with Crippen molar-refractivity contribution in [2.45, 2.75) is 12.6 Å². The van der Waals surface area contributed by atoms with Crippen LogP contribution in [0.1, 0.15) is 16.8 Å². The fourth-order valence-corrected chi connectivity index (χ4v) is 3.14. The number of benzene rings is 2. The van der Waals surface area contributed by atoms with E-state index in [1.165, 1.54) is 18.2 Å². The van der Waals surface area contributed by atoms with Crippen LogP contribution in [0.5, 0.6) is 5.75 Å². The third-order valence-electron chi connectivity index (χ3n) is 4.61. The number of ether oxygens (including phenoxy) is 1. The summed E-state index contributed by atoms with van der Waals surface area (Å²) in [4.78, 5) is 28.5. The molecule has 0 saturated carbocycles. The van der Waals surface area contributed by atoms with Crippen LogP contribution in [0.3, 0.4) is 0 Å². The molecule has 3 amide bonds. The molecule has 160 valence electrons. The first-order valence-electron chi connectivity index (χ1n) is 9.52. The Bertz CT molecular complexity index is 875. The van der Waals surface area contributed by atoms with Crippen LogP contribution >= 0.6 is 0 Å². The molecule has 0 spiro atoms. The van der Waals surface area contributed by atoms with E-state index < -0.39 is 18.8 Å². The summed E-state index contributed by atoms with van der Waals surface area (Å²) in [5.41, 5.74) is 0.749. The Labute approximate surface area is 172 Å². The van der Waals surface area contributed by atoms with Crippen molar-refractivity contribution in [3.63, 3.8) is 0 Å². The molecule has 1 heterocycles. The van der Waals surface area contributed by atoms with E-state index in [1.807, 2.05) is 6.07 Å². The number of anilines is 1. The number of urea groups is 1. The Morgan fingerprint density at radius 2 is 1.53 bits per heavy atom. The van der Waals surface area contributed by atoms with Crippen LogP contribution in [-0.4, -0.2) is 60.7 Å². The van der Waals surface area contributed by atoms with Gasteiger partial charge in [-0.25, -0.2) is 4.79 Å². The van der Waals surface area contributed by atoms with Gasteiger partial charge in [0, 0.05) is 31.7 Å². The van der Waals surface area contributed by atoms with E-state index in [9.17, 15) is 22.8 Å². The second-order valence-corrected chi connectivity index (χ2v) is 6.83. The molecule has 30 heavy (non-hydrogen) atoms. The molecule has 0 radical (unpaired) electrons. The minimum absolute atomic E-state index is 0.0566. The van der Waals surface area contributed by atoms with Crippen LogP contribution in [0.4, 0.5) is 23.7 Å². The molecule has 0 aromatic heterocycles. The maximum Gasteiger partial charge on any atom is 0.422 e. The SMILES string of the molecule is O=C(Nc1ccccc1OCC(F)(F)F)N1CCCN(C(=O)c2ccccc2)CC1. The van der Waals surface area contributed by atoms with Crippen molar-refractivity contribution < 1.29 is 27.5 Å². The number of amides is 3. The van der Waals surface area contributed by atoms with Crippen molar-refractivity contribution in [2.24, 2.45) is 0 Å². The van der Waals surface area contributed by atoms with Gasteiger partial charge in [0.15, 0.2) is 6.61 Å². The molecule has 1 saturated heterocycles. The van der Waals surface area contributed by atoms with Crippen molar-refractivity contribution in [1.29, 1.82) is 0 Å². The van der Waals surface area contributed by atoms with Gasteiger partial charge in [0.05, 0.1) is 5.69 Å². The van der Waals surface area contributed by atoms with Crippen LogP contribution in [0, 0.1) is 0 Å². The smallest absolute Gasteiger partial charge is 0.422 e. The van der Waals surface area contributed by atoms with E-state index in [-0.39, 0.29) is 17.3 Å². The summed E-state index contributed by atoms with van der Waals surface area (Å²) >= 11 is 0. The van der Waals surface area contributed by atoms with Gasteiger partial charge in [-0.2, -0.15) is 13.2 Å². The van der Waals surface area contributed by atoms with E-state index in [2.05, 4.69) is 5.32 Å². The molecule has 3 rings (SSSR count). The Balaban J connectivity index is 1.60. The molecule has 1 N–H and O–H groups in total. The molecular formula is C21H22F3N3O3. The highest BCUT2D eigenvalue weighted by atomic mass is 19.4. The number of nitrogens with one attached hydrogen (secondary N) is 1. The number of hydrogen-bond acceptors (Lipinski definition) is 3. The quantitative estimate of drug-likeness (QED) is 0.812. The minimum Gasteiger partial charge on any atom is -0.482 e. The molecule has 2 aromatic carbocycles. The van der Waals surface area contributed by atoms with Gasteiger partial charge in [0.1, 0.15) is 5.75 Å². The summed E-state index contributed by atoms with van der Waals surface area (Å²) in [6, 6.07) is 14.4. The zero-order valence-corrected chi connectivity index (χ0v) is 16.2. The first-order chi connectivity index (χ1) is 14.3. The number of halogens is 3. The van der Waals surface area contributed by atoms with Gasteiger partial charge in [-0.15, -0.1) is 0 Å². The maximum absolute atomic E-state index is 12.7. The summed E-state index contributed by atoms with van der Waals surface area (Å²) < 4.78 is 42.1. The summed E-state index contributed by atoms with van der Waals surface area (Å²) in [6.45, 7) is 0.183. The van der Waals surface area contributed by atoms with Gasteiger partial charge >= 0.3 is 12.2 Å². The van der Waals surface area contributed by atoms with Crippen molar-refractivity contribution in [3.8, 4) is 5.75 Å². The molecular weight excluding hydrogens is 399 g/mol. The van der Waals surface area contributed by atoms with Gasteiger partial charge in [-0.05, 0) is 30.7 Å². The monoisotopic (exact) mass is 421 g/mol. The van der Waals surface area contributed by atoms with E-state index >= 15 is 0 Å². The number of carbonyl (C=O) groups excluding carboxylic acids is 2. The van der Waals surface area contributed by atoms with E-state index in [4.69, 9.17) is 4.74 Å². The number of carbonyl (C=O) groups is 2. The summed E-state index contributed by atoms with van der Waals surface area (Å²) in [7, 11) is 0. The van der Waals surface area contributed by atoms with Gasteiger partial charge in [-0.1, -0.05) is 30.3 Å². The second-order valence-electron chi connectivity index (χ2n) is 6.83. The highest BCUT2D eigenvalue weighted by molar-refractivity contribution is 5.94. The molecule has 0 unspecified atom stereocenters. The van der Waals surface area contributed by atoms with Crippen LogP contribution in [0.25, 0.3) is 0 Å². The summed E-state index contributed by atoms with van der Waals surface area (Å²) in [5, 5.41) is 2.61. The van der Waals surface area contributed by atoms with Crippen LogP contribution in [-0.2, 0) is 0 Å². The summed E-state index contributed by atoms with van der Waals surface area (Å²) in [5.74, 6) is -0.150. The summed E-state index contributed by atoms with van der Waals surface area (Å²) in [6.07, 6.45) is -3.88. The molecule has 0 bridgehead atoms. The molecule has 1 aliphatic rings. The van der Waals surface area contributed by atoms with Gasteiger partial charge in [0.25, 0.3) is 5.91 Å². The molecule has 0 aliphatic carbocycles. The highest BCUT2D eigenvalue weighted by Gasteiger charge is 2.29. The zero-order chi connectivity index (χ0) is 21.6. The first-order valence-corrected chi connectivity index (χ1v) is 9.52. The Hall–Kier alpha value is -3.23. The van der Waals surface area contributed by atoms with Crippen molar-refractivity contribution in [1.82, 2.24) is 9.80 Å². The third kappa shape index (κ3) is 5.88. The predicted molar refractivity (Wildman–Crippen MR) is 106 cm³/mol. The van der Waals surface area contributed by atoms with Crippen molar-refractivity contribution in [3.05, 3.63) is 60.2 Å². The molecule has 9 heteroatoms. The lowest BCUT2D eigenvalue weighted by molar-refractivity contribution is -0.153. The van der Waals surface area contributed by atoms with Gasteiger partial charge in [0.2, 0.25) is 0 Å². The zero-order valence-electron chi connectivity index (χ0n) is 16.2. The number of alkyl halides is 3. The average molecular weight is 421 g/mol. The maximum atomic E-state index is 12.7. The standard InChI is InChI=1S/C21H22F3N3O3/c22-21(23,24)15-30-18-10-5-4-9-17(18)25-20(29)27-12-6-11-26(13-14-27)19(28)16-7-2-1-3-8-16/h1-5,7-10H,6,11-15H2,(H,25,29).